The Morgan fingerprint density at radius 3 is 2.70 bits per heavy atom. The zero-order valence-corrected chi connectivity index (χ0v) is 12.0. The molecule has 1 aromatic heterocycles. The van der Waals surface area contributed by atoms with E-state index in [0.717, 1.165) is 11.3 Å². The van der Waals surface area contributed by atoms with Crippen LogP contribution in [0.15, 0.2) is 65.9 Å². The molecule has 2 aromatic carbocycles. The fraction of sp³-hybridized carbons (Fsp3) is 0. The van der Waals surface area contributed by atoms with Crippen molar-refractivity contribution < 1.29 is 4.92 Å². The highest BCUT2D eigenvalue weighted by Gasteiger charge is 2.08. The average molecular weight is 307 g/mol. The predicted molar refractivity (Wildman–Crippen MR) is 88.2 cm³/mol. The summed E-state index contributed by atoms with van der Waals surface area (Å²) in [5.41, 5.74) is 8.13. The van der Waals surface area contributed by atoms with Crippen LogP contribution in [0.25, 0.3) is 11.3 Å². The van der Waals surface area contributed by atoms with Gasteiger partial charge in [0.2, 0.25) is 5.95 Å². The van der Waals surface area contributed by atoms with E-state index in [-0.39, 0.29) is 11.6 Å². The molecule has 0 atom stereocenters. The molecular formula is C16H13N5O2. The maximum Gasteiger partial charge on any atom is 0.270 e. The molecule has 0 aliphatic carbocycles. The topological polar surface area (TPSA) is 99.3 Å². The van der Waals surface area contributed by atoms with Gasteiger partial charge >= 0.3 is 0 Å². The van der Waals surface area contributed by atoms with E-state index in [2.05, 4.69) is 10.1 Å². The van der Waals surface area contributed by atoms with Gasteiger partial charge in [-0.1, -0.05) is 42.5 Å². The standard InChI is InChI=1S/C16H13N5O2/c17-16-18-11-15(13-6-2-1-3-7-13)20(16)19-10-12-5-4-8-14(9-12)21(22)23/h1-11H,(H2,17,18). The summed E-state index contributed by atoms with van der Waals surface area (Å²) in [6.07, 6.45) is 3.15. The van der Waals surface area contributed by atoms with E-state index >= 15 is 0 Å². The van der Waals surface area contributed by atoms with E-state index in [1.165, 1.54) is 23.0 Å². The Kier molecular flexibility index (Phi) is 3.84. The van der Waals surface area contributed by atoms with Crippen molar-refractivity contribution in [3.05, 3.63) is 76.5 Å². The first-order valence-electron chi connectivity index (χ1n) is 6.82. The average Bonchev–Trinajstić information content (AvgIpc) is 2.95. The number of nitrogens with zero attached hydrogens (tertiary/aromatic N) is 4. The van der Waals surface area contributed by atoms with Crippen molar-refractivity contribution >= 4 is 17.9 Å². The molecule has 1 heterocycles. The Balaban J connectivity index is 1.96. The first-order valence-corrected chi connectivity index (χ1v) is 6.82. The predicted octanol–water partition coefficient (Wildman–Crippen LogP) is 2.92. The lowest BCUT2D eigenvalue weighted by Gasteiger charge is -2.03. The van der Waals surface area contributed by atoms with Crippen LogP contribution in [0.2, 0.25) is 0 Å². The van der Waals surface area contributed by atoms with Crippen LogP contribution >= 0.6 is 0 Å². The Hall–Kier alpha value is -3.48. The van der Waals surface area contributed by atoms with Gasteiger partial charge in [-0.3, -0.25) is 10.1 Å². The summed E-state index contributed by atoms with van der Waals surface area (Å²) in [5.74, 6) is 0.241. The van der Waals surface area contributed by atoms with Gasteiger partial charge in [0, 0.05) is 23.3 Å². The van der Waals surface area contributed by atoms with Crippen LogP contribution in [0.4, 0.5) is 11.6 Å². The number of rotatable bonds is 4. The molecule has 0 radical (unpaired) electrons. The second kappa shape index (κ2) is 6.10. The molecule has 0 saturated carbocycles. The van der Waals surface area contributed by atoms with Gasteiger partial charge < -0.3 is 5.73 Å². The highest BCUT2D eigenvalue weighted by molar-refractivity contribution is 5.81. The number of anilines is 1. The normalized spacial score (nSPS) is 11.0. The first-order chi connectivity index (χ1) is 11.1. The third-order valence-corrected chi connectivity index (χ3v) is 3.24. The number of hydrogen-bond acceptors (Lipinski definition) is 5. The lowest BCUT2D eigenvalue weighted by molar-refractivity contribution is -0.384. The molecule has 0 aliphatic rings. The van der Waals surface area contributed by atoms with Crippen molar-refractivity contribution in [2.24, 2.45) is 5.10 Å². The van der Waals surface area contributed by atoms with Crippen LogP contribution in [0.3, 0.4) is 0 Å². The van der Waals surface area contributed by atoms with Gasteiger partial charge in [-0.25, -0.2) is 4.98 Å². The summed E-state index contributed by atoms with van der Waals surface area (Å²) < 4.78 is 1.49. The number of non-ortho nitro benzene ring substituents is 1. The third kappa shape index (κ3) is 3.08. The highest BCUT2D eigenvalue weighted by atomic mass is 16.6. The minimum absolute atomic E-state index is 0.0100. The van der Waals surface area contributed by atoms with E-state index in [4.69, 9.17) is 5.73 Å². The number of benzene rings is 2. The fourth-order valence-corrected chi connectivity index (χ4v) is 2.13. The number of nitro benzene ring substituents is 1. The Bertz CT molecular complexity index is 871. The maximum absolute atomic E-state index is 10.8. The van der Waals surface area contributed by atoms with Crippen molar-refractivity contribution in [2.75, 3.05) is 5.73 Å². The minimum atomic E-state index is -0.446. The summed E-state index contributed by atoms with van der Waals surface area (Å²) in [6.45, 7) is 0. The molecule has 23 heavy (non-hydrogen) atoms. The van der Waals surface area contributed by atoms with Crippen molar-refractivity contribution in [3.8, 4) is 11.3 Å². The minimum Gasteiger partial charge on any atom is -0.368 e. The lowest BCUT2D eigenvalue weighted by atomic mass is 10.2. The lowest BCUT2D eigenvalue weighted by Crippen LogP contribution is -2.00. The second-order valence-electron chi connectivity index (χ2n) is 4.78. The van der Waals surface area contributed by atoms with Crippen LogP contribution in [0.5, 0.6) is 0 Å². The van der Waals surface area contributed by atoms with E-state index in [9.17, 15) is 10.1 Å². The Morgan fingerprint density at radius 1 is 1.17 bits per heavy atom. The third-order valence-electron chi connectivity index (χ3n) is 3.24. The van der Waals surface area contributed by atoms with Crippen LogP contribution in [-0.2, 0) is 0 Å². The molecule has 0 amide bonds. The smallest absolute Gasteiger partial charge is 0.270 e. The van der Waals surface area contributed by atoms with E-state index < -0.39 is 4.92 Å². The molecule has 0 bridgehead atoms. The maximum atomic E-state index is 10.8. The number of hydrogen-bond donors (Lipinski definition) is 1. The molecule has 114 valence electrons. The summed E-state index contributed by atoms with van der Waals surface area (Å²) in [4.78, 5) is 14.4. The molecule has 0 spiro atoms. The van der Waals surface area contributed by atoms with Crippen LogP contribution in [0, 0.1) is 10.1 Å². The van der Waals surface area contributed by atoms with E-state index in [1.807, 2.05) is 30.3 Å². The zero-order valence-electron chi connectivity index (χ0n) is 12.0. The molecule has 7 heteroatoms. The van der Waals surface area contributed by atoms with Crippen LogP contribution in [0.1, 0.15) is 5.56 Å². The summed E-state index contributed by atoms with van der Waals surface area (Å²) in [6, 6.07) is 15.8. The first kappa shape index (κ1) is 14.5. The molecule has 0 aliphatic heterocycles. The van der Waals surface area contributed by atoms with Crippen LogP contribution in [-0.4, -0.2) is 20.8 Å². The fourth-order valence-electron chi connectivity index (χ4n) is 2.13. The van der Waals surface area contributed by atoms with Gasteiger partial charge in [-0.05, 0) is 0 Å². The Labute approximate surface area is 131 Å². The number of nitrogen functional groups attached to an aromatic ring is 1. The molecule has 2 N–H and O–H groups in total. The van der Waals surface area contributed by atoms with E-state index in [1.54, 1.807) is 18.3 Å². The molecular weight excluding hydrogens is 294 g/mol. The van der Waals surface area contributed by atoms with Gasteiger partial charge in [0.25, 0.3) is 5.69 Å². The van der Waals surface area contributed by atoms with Gasteiger partial charge in [0.15, 0.2) is 0 Å². The van der Waals surface area contributed by atoms with Crippen molar-refractivity contribution in [2.45, 2.75) is 0 Å². The number of imidazole rings is 1. The van der Waals surface area contributed by atoms with E-state index in [0.29, 0.717) is 5.56 Å². The quantitative estimate of drug-likeness (QED) is 0.455. The summed E-state index contributed by atoms with van der Waals surface area (Å²) in [7, 11) is 0. The molecule has 7 nitrogen and oxygen atoms in total. The second-order valence-corrected chi connectivity index (χ2v) is 4.78. The highest BCUT2D eigenvalue weighted by Crippen LogP contribution is 2.21. The van der Waals surface area contributed by atoms with Gasteiger partial charge in [-0.15, -0.1) is 0 Å². The van der Waals surface area contributed by atoms with Crippen molar-refractivity contribution in [1.82, 2.24) is 9.66 Å². The van der Waals surface area contributed by atoms with Crippen molar-refractivity contribution in [1.29, 1.82) is 0 Å². The molecule has 0 unspecified atom stereocenters. The van der Waals surface area contributed by atoms with Gasteiger partial charge in [-0.2, -0.15) is 9.78 Å². The monoisotopic (exact) mass is 307 g/mol. The zero-order chi connectivity index (χ0) is 16.2. The molecule has 0 saturated heterocycles. The number of nitro groups is 1. The number of nitrogens with two attached hydrogens (primary N) is 1. The molecule has 3 rings (SSSR count). The SMILES string of the molecule is Nc1ncc(-c2ccccc2)n1N=Cc1cccc([N+](=O)[O-])c1. The van der Waals surface area contributed by atoms with Crippen molar-refractivity contribution in [3.63, 3.8) is 0 Å². The van der Waals surface area contributed by atoms with Gasteiger partial charge in [0.1, 0.15) is 0 Å². The molecule has 0 fully saturated rings. The molecule has 3 aromatic rings. The summed E-state index contributed by atoms with van der Waals surface area (Å²) >= 11 is 0. The number of aromatic nitrogens is 2. The Morgan fingerprint density at radius 2 is 1.96 bits per heavy atom. The summed E-state index contributed by atoms with van der Waals surface area (Å²) in [5, 5.41) is 15.1. The largest absolute Gasteiger partial charge is 0.368 e. The van der Waals surface area contributed by atoms with Gasteiger partial charge in [0.05, 0.1) is 23.0 Å². The van der Waals surface area contributed by atoms with Crippen LogP contribution < -0.4 is 5.73 Å².